The van der Waals surface area contributed by atoms with Crippen LogP contribution in [-0.2, 0) is 14.8 Å². The normalized spacial score (nSPS) is 11.2. The van der Waals surface area contributed by atoms with Gasteiger partial charge in [0.25, 0.3) is 0 Å². The lowest BCUT2D eigenvalue weighted by atomic mass is 10.1. The van der Waals surface area contributed by atoms with Crippen LogP contribution in [0.3, 0.4) is 0 Å². The van der Waals surface area contributed by atoms with Gasteiger partial charge in [-0.25, -0.2) is 8.42 Å². The van der Waals surface area contributed by atoms with Crippen molar-refractivity contribution in [2.75, 3.05) is 30.3 Å². The maximum absolute atomic E-state index is 12.3. The van der Waals surface area contributed by atoms with Gasteiger partial charge < -0.3 is 10.1 Å². The number of carbonyl (C=O) groups excluding carboxylic acids is 1. The molecule has 152 valence electrons. The molecule has 0 spiro atoms. The first-order valence-corrected chi connectivity index (χ1v) is 11.0. The summed E-state index contributed by atoms with van der Waals surface area (Å²) < 4.78 is 31.0. The number of nitrogens with zero attached hydrogens (tertiary/aromatic N) is 1. The van der Waals surface area contributed by atoms with Gasteiger partial charge in [0.1, 0.15) is 18.9 Å². The van der Waals surface area contributed by atoms with Crippen molar-refractivity contribution in [2.24, 2.45) is 0 Å². The lowest BCUT2D eigenvalue weighted by molar-refractivity contribution is -0.119. The summed E-state index contributed by atoms with van der Waals surface area (Å²) in [7, 11) is -3.65. The zero-order valence-electron chi connectivity index (χ0n) is 16.5. The monoisotopic (exact) mass is 424 g/mol. The molecule has 0 aliphatic rings. The third-order valence-electron chi connectivity index (χ3n) is 4.37. The van der Waals surface area contributed by atoms with Crippen LogP contribution < -0.4 is 14.4 Å². The summed E-state index contributed by atoms with van der Waals surface area (Å²) in [4.78, 5) is 12.3. The van der Waals surface area contributed by atoms with E-state index in [1.807, 2.05) is 32.0 Å². The molecule has 0 aliphatic carbocycles. The molecule has 0 saturated heterocycles. The number of rotatable bonds is 8. The Hall–Kier alpha value is -2.25. The number of benzene rings is 2. The molecule has 0 radical (unpaired) electrons. The summed E-state index contributed by atoms with van der Waals surface area (Å²) >= 11 is 6.09. The third kappa shape index (κ3) is 5.87. The summed E-state index contributed by atoms with van der Waals surface area (Å²) in [6, 6.07) is 10.7. The fourth-order valence-electron chi connectivity index (χ4n) is 2.60. The molecule has 0 fully saturated rings. The van der Waals surface area contributed by atoms with Crippen molar-refractivity contribution in [3.8, 4) is 5.75 Å². The number of nitrogens with one attached hydrogen (secondary N) is 1. The Bertz CT molecular complexity index is 961. The predicted octanol–water partition coefficient (Wildman–Crippen LogP) is 3.23. The highest BCUT2D eigenvalue weighted by atomic mass is 35.5. The first-order chi connectivity index (χ1) is 13.1. The number of anilines is 1. The van der Waals surface area contributed by atoms with E-state index >= 15 is 0 Å². The number of ether oxygens (including phenoxy) is 1. The topological polar surface area (TPSA) is 75.7 Å². The van der Waals surface area contributed by atoms with Crippen LogP contribution in [-0.4, -0.2) is 40.3 Å². The van der Waals surface area contributed by atoms with Crippen LogP contribution in [0.15, 0.2) is 36.4 Å². The first-order valence-electron chi connectivity index (χ1n) is 8.79. The lowest BCUT2D eigenvalue weighted by Gasteiger charge is -2.24. The molecular weight excluding hydrogens is 400 g/mol. The van der Waals surface area contributed by atoms with Gasteiger partial charge in [0, 0.05) is 5.02 Å². The smallest absolute Gasteiger partial charge is 0.240 e. The van der Waals surface area contributed by atoms with Crippen molar-refractivity contribution in [1.82, 2.24) is 5.32 Å². The largest absolute Gasteiger partial charge is 0.492 e. The van der Waals surface area contributed by atoms with Gasteiger partial charge in [0.05, 0.1) is 18.5 Å². The van der Waals surface area contributed by atoms with Gasteiger partial charge in [0.2, 0.25) is 15.9 Å². The molecule has 28 heavy (non-hydrogen) atoms. The third-order valence-corrected chi connectivity index (χ3v) is 5.90. The molecule has 0 bridgehead atoms. The van der Waals surface area contributed by atoms with E-state index in [0.29, 0.717) is 16.3 Å². The minimum atomic E-state index is -3.65. The second-order valence-corrected chi connectivity index (χ2v) is 8.91. The van der Waals surface area contributed by atoms with Crippen LogP contribution >= 0.6 is 11.6 Å². The minimum Gasteiger partial charge on any atom is -0.492 e. The van der Waals surface area contributed by atoms with Crippen molar-refractivity contribution < 1.29 is 17.9 Å². The van der Waals surface area contributed by atoms with Crippen LogP contribution in [0, 0.1) is 20.8 Å². The minimum absolute atomic E-state index is 0.262. The molecule has 0 aliphatic heterocycles. The number of hydrogen-bond acceptors (Lipinski definition) is 4. The molecule has 0 atom stereocenters. The van der Waals surface area contributed by atoms with Gasteiger partial charge >= 0.3 is 0 Å². The summed E-state index contributed by atoms with van der Waals surface area (Å²) in [6.45, 7) is 5.95. The Morgan fingerprint density at radius 1 is 1.14 bits per heavy atom. The van der Waals surface area contributed by atoms with Crippen LogP contribution in [0.25, 0.3) is 0 Å². The molecule has 0 saturated carbocycles. The highest BCUT2D eigenvalue weighted by molar-refractivity contribution is 7.92. The van der Waals surface area contributed by atoms with Crippen molar-refractivity contribution in [1.29, 1.82) is 0 Å². The van der Waals surface area contributed by atoms with Crippen LogP contribution in [0.1, 0.15) is 16.7 Å². The molecular formula is C20H25ClN2O4S. The second-order valence-electron chi connectivity index (χ2n) is 6.60. The number of carbonyl (C=O) groups is 1. The Kier molecular flexibility index (Phi) is 7.32. The highest BCUT2D eigenvalue weighted by Gasteiger charge is 2.22. The molecule has 2 aromatic carbocycles. The van der Waals surface area contributed by atoms with Gasteiger partial charge in [-0.15, -0.1) is 0 Å². The predicted molar refractivity (Wildman–Crippen MR) is 113 cm³/mol. The Morgan fingerprint density at radius 3 is 2.50 bits per heavy atom. The molecule has 2 aromatic rings. The van der Waals surface area contributed by atoms with Crippen molar-refractivity contribution in [3.05, 3.63) is 58.1 Å². The number of sulfonamides is 1. The molecule has 0 aromatic heterocycles. The van der Waals surface area contributed by atoms with Gasteiger partial charge in [-0.2, -0.15) is 0 Å². The number of halogens is 1. The molecule has 0 unspecified atom stereocenters. The maximum atomic E-state index is 12.3. The van der Waals surface area contributed by atoms with Gasteiger partial charge in [0.15, 0.2) is 0 Å². The van der Waals surface area contributed by atoms with Crippen molar-refractivity contribution in [2.45, 2.75) is 20.8 Å². The summed E-state index contributed by atoms with van der Waals surface area (Å²) in [5.74, 6) is 0.304. The second kappa shape index (κ2) is 9.30. The maximum Gasteiger partial charge on any atom is 0.240 e. The summed E-state index contributed by atoms with van der Waals surface area (Å²) in [5, 5.41) is 3.12. The molecule has 1 N–H and O–H groups in total. The van der Waals surface area contributed by atoms with Gasteiger partial charge in [-0.1, -0.05) is 23.7 Å². The van der Waals surface area contributed by atoms with E-state index in [0.717, 1.165) is 21.9 Å². The van der Waals surface area contributed by atoms with Crippen molar-refractivity contribution >= 4 is 33.2 Å². The zero-order chi connectivity index (χ0) is 20.9. The van der Waals surface area contributed by atoms with E-state index in [9.17, 15) is 13.2 Å². The Balaban J connectivity index is 1.95. The van der Waals surface area contributed by atoms with E-state index in [1.165, 1.54) is 5.56 Å². The molecule has 8 heteroatoms. The molecule has 1 amide bonds. The average molecular weight is 425 g/mol. The van der Waals surface area contributed by atoms with Gasteiger partial charge in [-0.05, 0) is 61.7 Å². The van der Waals surface area contributed by atoms with E-state index in [2.05, 4.69) is 5.32 Å². The highest BCUT2D eigenvalue weighted by Crippen LogP contribution is 2.27. The molecule has 6 nitrogen and oxygen atoms in total. The summed E-state index contributed by atoms with van der Waals surface area (Å²) in [5.41, 5.74) is 3.29. The van der Waals surface area contributed by atoms with Crippen LogP contribution in [0.2, 0.25) is 5.02 Å². The summed E-state index contributed by atoms with van der Waals surface area (Å²) in [6.07, 6.45) is 1.06. The molecule has 0 heterocycles. The standard InChI is InChI=1S/C20H25ClN2O4S/c1-14-8-9-17(12-15(14)2)27-11-10-22-20(24)13-23(28(4,25)26)19-7-5-6-18(21)16(19)3/h5-9,12H,10-11,13H2,1-4H3,(H,22,24). The number of aryl methyl sites for hydroxylation is 2. The number of hydrogen-bond donors (Lipinski definition) is 1. The first kappa shape index (κ1) is 22.0. The molecule has 2 rings (SSSR count). The van der Waals surface area contributed by atoms with E-state index in [4.69, 9.17) is 16.3 Å². The van der Waals surface area contributed by atoms with Crippen molar-refractivity contribution in [3.63, 3.8) is 0 Å². The fourth-order valence-corrected chi connectivity index (χ4v) is 3.67. The van der Waals surface area contributed by atoms with E-state index in [-0.39, 0.29) is 19.7 Å². The lowest BCUT2D eigenvalue weighted by Crippen LogP contribution is -2.41. The quantitative estimate of drug-likeness (QED) is 0.660. The Labute approximate surface area is 171 Å². The fraction of sp³-hybridized carbons (Fsp3) is 0.350. The van der Waals surface area contributed by atoms with E-state index in [1.54, 1.807) is 25.1 Å². The number of amides is 1. The Morgan fingerprint density at radius 2 is 1.86 bits per heavy atom. The SMILES string of the molecule is Cc1ccc(OCCNC(=O)CN(c2cccc(Cl)c2C)S(C)(=O)=O)cc1C. The van der Waals surface area contributed by atoms with Gasteiger partial charge in [-0.3, -0.25) is 9.10 Å². The van der Waals surface area contributed by atoms with Crippen LogP contribution in [0.4, 0.5) is 5.69 Å². The zero-order valence-corrected chi connectivity index (χ0v) is 18.0. The van der Waals surface area contributed by atoms with Crippen LogP contribution in [0.5, 0.6) is 5.75 Å². The average Bonchev–Trinajstić information content (AvgIpc) is 2.61. The van der Waals surface area contributed by atoms with E-state index < -0.39 is 15.9 Å².